The van der Waals surface area contributed by atoms with E-state index in [1.165, 1.54) is 0 Å². The molecule has 0 aliphatic carbocycles. The number of hydrogen-bond acceptors (Lipinski definition) is 3. The van der Waals surface area contributed by atoms with Crippen LogP contribution in [0.2, 0.25) is 0 Å². The van der Waals surface area contributed by atoms with Crippen molar-refractivity contribution >= 4 is 5.91 Å². The molecule has 0 radical (unpaired) electrons. The summed E-state index contributed by atoms with van der Waals surface area (Å²) in [6.45, 7) is 7.55. The van der Waals surface area contributed by atoms with Crippen LogP contribution in [0.4, 0.5) is 0 Å². The number of aromatic nitrogens is 2. The molecule has 1 amide bonds. The normalized spacial score (nSPS) is 23.2. The van der Waals surface area contributed by atoms with Crippen LogP contribution in [0.25, 0.3) is 0 Å². The van der Waals surface area contributed by atoms with Crippen molar-refractivity contribution in [2.45, 2.75) is 33.2 Å². The van der Waals surface area contributed by atoms with E-state index >= 15 is 0 Å². The highest BCUT2D eigenvalue weighted by atomic mass is 16.2. The molecule has 0 bridgehead atoms. The van der Waals surface area contributed by atoms with Gasteiger partial charge in [-0.3, -0.25) is 9.48 Å². The van der Waals surface area contributed by atoms with Crippen molar-refractivity contribution in [3.8, 4) is 0 Å². The minimum absolute atomic E-state index is 0.0238. The Bertz CT molecular complexity index is 464. The van der Waals surface area contributed by atoms with Crippen LogP contribution in [0.15, 0.2) is 6.20 Å². The number of aryl methyl sites for hydroxylation is 2. The lowest BCUT2D eigenvalue weighted by molar-refractivity contribution is 0.0532. The van der Waals surface area contributed by atoms with Crippen molar-refractivity contribution in [1.29, 1.82) is 0 Å². The van der Waals surface area contributed by atoms with E-state index in [1.807, 2.05) is 18.9 Å². The lowest BCUT2D eigenvalue weighted by Crippen LogP contribution is -2.54. The van der Waals surface area contributed by atoms with Gasteiger partial charge in [0.1, 0.15) is 0 Å². The fraction of sp³-hybridized carbons (Fsp3) is 0.692. The Balaban J connectivity index is 2.18. The van der Waals surface area contributed by atoms with Crippen LogP contribution in [0.3, 0.4) is 0 Å². The third-order valence-electron chi connectivity index (χ3n) is 3.84. The molecule has 0 saturated carbocycles. The third-order valence-corrected chi connectivity index (χ3v) is 3.84. The quantitative estimate of drug-likeness (QED) is 0.806. The Morgan fingerprint density at radius 2 is 2.22 bits per heavy atom. The fourth-order valence-corrected chi connectivity index (χ4v) is 2.53. The molecule has 1 aromatic heterocycles. The van der Waals surface area contributed by atoms with Crippen molar-refractivity contribution in [2.75, 3.05) is 13.1 Å². The molecule has 1 aliphatic heterocycles. The summed E-state index contributed by atoms with van der Waals surface area (Å²) in [4.78, 5) is 14.4. The number of nitrogens with two attached hydrogens (primary N) is 1. The first-order valence-corrected chi connectivity index (χ1v) is 6.36. The SMILES string of the molecule is Cc1nn(C)cc1C(=O)N1CCC(N)C(C)(C)C1. The Hall–Kier alpha value is -1.36. The molecule has 1 aliphatic rings. The summed E-state index contributed by atoms with van der Waals surface area (Å²) in [5.41, 5.74) is 7.55. The van der Waals surface area contributed by atoms with E-state index in [9.17, 15) is 4.79 Å². The van der Waals surface area contributed by atoms with Gasteiger partial charge in [-0.2, -0.15) is 5.10 Å². The second-order valence-electron chi connectivity index (χ2n) is 5.91. The molecule has 5 nitrogen and oxygen atoms in total. The van der Waals surface area contributed by atoms with E-state index in [0.717, 1.165) is 18.7 Å². The topological polar surface area (TPSA) is 64.2 Å². The van der Waals surface area contributed by atoms with Gasteiger partial charge in [-0.25, -0.2) is 0 Å². The van der Waals surface area contributed by atoms with Gasteiger partial charge in [-0.1, -0.05) is 13.8 Å². The van der Waals surface area contributed by atoms with E-state index in [2.05, 4.69) is 18.9 Å². The first-order chi connectivity index (χ1) is 8.31. The average Bonchev–Trinajstić information content (AvgIpc) is 2.60. The summed E-state index contributed by atoms with van der Waals surface area (Å²) in [5.74, 6) is 0.0700. The molecule has 0 spiro atoms. The predicted molar refractivity (Wildman–Crippen MR) is 70.2 cm³/mol. The Kier molecular flexibility index (Phi) is 3.19. The minimum atomic E-state index is -0.0238. The van der Waals surface area contributed by atoms with Crippen LogP contribution in [-0.2, 0) is 7.05 Å². The molecular formula is C13H22N4O. The highest BCUT2D eigenvalue weighted by Gasteiger charge is 2.36. The zero-order valence-corrected chi connectivity index (χ0v) is 11.6. The Morgan fingerprint density at radius 1 is 1.56 bits per heavy atom. The van der Waals surface area contributed by atoms with Gasteiger partial charge in [0.15, 0.2) is 0 Å². The second kappa shape index (κ2) is 4.39. The summed E-state index contributed by atoms with van der Waals surface area (Å²) in [6, 6.07) is 0.163. The number of amides is 1. The first-order valence-electron chi connectivity index (χ1n) is 6.36. The van der Waals surface area contributed by atoms with Crippen molar-refractivity contribution in [1.82, 2.24) is 14.7 Å². The van der Waals surface area contributed by atoms with Crippen LogP contribution in [-0.4, -0.2) is 39.7 Å². The summed E-state index contributed by atoms with van der Waals surface area (Å²) < 4.78 is 1.68. The number of nitrogens with zero attached hydrogens (tertiary/aromatic N) is 3. The van der Waals surface area contributed by atoms with Crippen LogP contribution in [0, 0.1) is 12.3 Å². The summed E-state index contributed by atoms with van der Waals surface area (Å²) in [6.07, 6.45) is 2.65. The van der Waals surface area contributed by atoms with Gasteiger partial charge in [0.2, 0.25) is 0 Å². The van der Waals surface area contributed by atoms with Gasteiger partial charge in [0, 0.05) is 32.4 Å². The Labute approximate surface area is 108 Å². The lowest BCUT2D eigenvalue weighted by atomic mass is 9.79. The largest absolute Gasteiger partial charge is 0.338 e. The first kappa shape index (κ1) is 13.1. The smallest absolute Gasteiger partial charge is 0.257 e. The van der Waals surface area contributed by atoms with Gasteiger partial charge in [-0.15, -0.1) is 0 Å². The maximum Gasteiger partial charge on any atom is 0.257 e. The zero-order valence-electron chi connectivity index (χ0n) is 11.6. The number of rotatable bonds is 1. The number of carbonyl (C=O) groups excluding carboxylic acids is 1. The third kappa shape index (κ3) is 2.27. The number of likely N-dealkylation sites (tertiary alicyclic amines) is 1. The predicted octanol–water partition coefficient (Wildman–Crippen LogP) is 0.928. The monoisotopic (exact) mass is 250 g/mol. The van der Waals surface area contributed by atoms with Crippen LogP contribution < -0.4 is 5.73 Å². The average molecular weight is 250 g/mol. The lowest BCUT2D eigenvalue weighted by Gasteiger charge is -2.42. The summed E-state index contributed by atoms with van der Waals surface area (Å²) in [5, 5.41) is 4.22. The van der Waals surface area contributed by atoms with Gasteiger partial charge >= 0.3 is 0 Å². The van der Waals surface area contributed by atoms with Gasteiger partial charge in [-0.05, 0) is 18.8 Å². The summed E-state index contributed by atoms with van der Waals surface area (Å²) >= 11 is 0. The maximum atomic E-state index is 12.5. The van der Waals surface area contributed by atoms with Gasteiger partial charge in [0.25, 0.3) is 5.91 Å². The molecule has 1 unspecified atom stereocenters. The van der Waals surface area contributed by atoms with E-state index in [4.69, 9.17) is 5.73 Å². The molecule has 2 heterocycles. The van der Waals surface area contributed by atoms with Crippen molar-refractivity contribution < 1.29 is 4.79 Å². The van der Waals surface area contributed by atoms with Crippen molar-refractivity contribution in [3.63, 3.8) is 0 Å². The molecule has 1 fully saturated rings. The molecule has 100 valence electrons. The fourth-order valence-electron chi connectivity index (χ4n) is 2.53. The molecule has 5 heteroatoms. The van der Waals surface area contributed by atoms with Crippen molar-refractivity contribution in [3.05, 3.63) is 17.5 Å². The van der Waals surface area contributed by atoms with Crippen molar-refractivity contribution in [2.24, 2.45) is 18.2 Å². The van der Waals surface area contributed by atoms with Crippen LogP contribution >= 0.6 is 0 Å². The van der Waals surface area contributed by atoms with E-state index in [-0.39, 0.29) is 17.4 Å². The number of piperidine rings is 1. The highest BCUT2D eigenvalue weighted by molar-refractivity contribution is 5.95. The highest BCUT2D eigenvalue weighted by Crippen LogP contribution is 2.28. The summed E-state index contributed by atoms with van der Waals surface area (Å²) in [7, 11) is 1.83. The van der Waals surface area contributed by atoms with Gasteiger partial charge < -0.3 is 10.6 Å². The second-order valence-corrected chi connectivity index (χ2v) is 5.91. The molecule has 1 saturated heterocycles. The Morgan fingerprint density at radius 3 is 2.72 bits per heavy atom. The number of hydrogen-bond donors (Lipinski definition) is 1. The molecule has 18 heavy (non-hydrogen) atoms. The van der Waals surface area contributed by atoms with Crippen LogP contribution in [0.1, 0.15) is 36.3 Å². The zero-order chi connectivity index (χ0) is 13.5. The molecule has 2 rings (SSSR count). The molecule has 2 N–H and O–H groups in total. The maximum absolute atomic E-state index is 12.5. The number of carbonyl (C=O) groups is 1. The molecule has 0 aromatic carbocycles. The minimum Gasteiger partial charge on any atom is -0.338 e. The molecular weight excluding hydrogens is 228 g/mol. The standard InChI is InChI=1S/C13H22N4O/c1-9-10(7-16(4)15-9)12(18)17-6-5-11(14)13(2,3)8-17/h7,11H,5-6,8,14H2,1-4H3. The van der Waals surface area contributed by atoms with Crippen LogP contribution in [0.5, 0.6) is 0 Å². The van der Waals surface area contributed by atoms with E-state index in [1.54, 1.807) is 10.9 Å². The van der Waals surface area contributed by atoms with E-state index < -0.39 is 0 Å². The molecule has 1 atom stereocenters. The molecule has 1 aromatic rings. The van der Waals surface area contributed by atoms with E-state index in [0.29, 0.717) is 12.1 Å². The van der Waals surface area contributed by atoms with Gasteiger partial charge in [0.05, 0.1) is 11.3 Å².